The molecular formula is C17H28. The van der Waals surface area contributed by atoms with Gasteiger partial charge in [0.15, 0.2) is 0 Å². The molecule has 0 aliphatic heterocycles. The number of hydrogen-bond donors (Lipinski definition) is 0. The lowest BCUT2D eigenvalue weighted by Gasteiger charge is -1.82. The van der Waals surface area contributed by atoms with Crippen molar-refractivity contribution in [3.05, 3.63) is 73.4 Å². The predicted molar refractivity (Wildman–Crippen MR) is 84.3 cm³/mol. The van der Waals surface area contributed by atoms with Gasteiger partial charge >= 0.3 is 0 Å². The molecule has 0 rings (SSSR count). The van der Waals surface area contributed by atoms with Crippen LogP contribution in [0.5, 0.6) is 0 Å². The van der Waals surface area contributed by atoms with E-state index >= 15 is 0 Å². The first-order valence-corrected chi connectivity index (χ1v) is 6.05. The summed E-state index contributed by atoms with van der Waals surface area (Å²) in [5.41, 5.74) is 1.24. The minimum Gasteiger partial charge on any atom is -0.0991 e. The molecule has 0 aliphatic carbocycles. The summed E-state index contributed by atoms with van der Waals surface area (Å²) < 4.78 is 0. The van der Waals surface area contributed by atoms with Gasteiger partial charge in [0.05, 0.1) is 0 Å². The molecule has 0 aromatic heterocycles. The fourth-order valence-corrected chi connectivity index (χ4v) is 0.758. The van der Waals surface area contributed by atoms with Gasteiger partial charge in [-0.3, -0.25) is 0 Å². The van der Waals surface area contributed by atoms with E-state index in [9.17, 15) is 0 Å². The first-order valence-electron chi connectivity index (χ1n) is 6.05. The molecule has 0 aliphatic rings. The summed E-state index contributed by atoms with van der Waals surface area (Å²) in [7, 11) is 0. The number of rotatable bonds is 4. The fraction of sp³-hybridized carbons (Fsp3) is 0.294. The highest BCUT2D eigenvalue weighted by atomic mass is 13.8. The molecule has 0 saturated carbocycles. The van der Waals surface area contributed by atoms with Crippen molar-refractivity contribution < 1.29 is 0 Å². The zero-order chi connectivity index (χ0) is 13.9. The fourth-order valence-electron chi connectivity index (χ4n) is 0.758. The summed E-state index contributed by atoms with van der Waals surface area (Å²) in [6, 6.07) is 0. The molecule has 0 spiro atoms. The molecule has 96 valence electrons. The maximum absolute atomic E-state index is 3.57. The van der Waals surface area contributed by atoms with Crippen LogP contribution >= 0.6 is 0 Å². The summed E-state index contributed by atoms with van der Waals surface area (Å²) in [4.78, 5) is 0. The smallest absolute Gasteiger partial charge is 0.0398 e. The lowest BCUT2D eigenvalue weighted by molar-refractivity contribution is 1.50. The third-order valence-electron chi connectivity index (χ3n) is 1.36. The first kappa shape index (κ1) is 20.8. The van der Waals surface area contributed by atoms with Gasteiger partial charge in [-0.2, -0.15) is 0 Å². The molecule has 0 amide bonds. The topological polar surface area (TPSA) is 0 Å². The average Bonchev–Trinajstić information content (AvgIpc) is 2.34. The molecular weight excluding hydrogens is 204 g/mol. The van der Waals surface area contributed by atoms with E-state index < -0.39 is 0 Å². The second-order valence-corrected chi connectivity index (χ2v) is 2.79. The van der Waals surface area contributed by atoms with Crippen LogP contribution in [-0.2, 0) is 0 Å². The normalized spacial score (nSPS) is 10.8. The molecule has 17 heavy (non-hydrogen) atoms. The highest BCUT2D eigenvalue weighted by Crippen LogP contribution is 1.92. The van der Waals surface area contributed by atoms with Crippen molar-refractivity contribution in [2.45, 2.75) is 34.6 Å². The SMILES string of the molecule is C=C/C=C(C)\C=C/C.C=C/C=C\C=C/C.CC. The summed E-state index contributed by atoms with van der Waals surface area (Å²) in [5, 5.41) is 0. The molecule has 0 unspecified atom stereocenters. The van der Waals surface area contributed by atoms with Gasteiger partial charge in [-0.1, -0.05) is 87.3 Å². The largest absolute Gasteiger partial charge is 0.0991 e. The van der Waals surface area contributed by atoms with E-state index in [-0.39, 0.29) is 0 Å². The summed E-state index contributed by atoms with van der Waals surface area (Å²) in [6.45, 7) is 17.1. The van der Waals surface area contributed by atoms with Crippen LogP contribution in [0.1, 0.15) is 34.6 Å². The van der Waals surface area contributed by atoms with Crippen LogP contribution < -0.4 is 0 Å². The van der Waals surface area contributed by atoms with Crippen molar-refractivity contribution >= 4 is 0 Å². The predicted octanol–water partition coefficient (Wildman–Crippen LogP) is 6.03. The van der Waals surface area contributed by atoms with Gasteiger partial charge in [0.2, 0.25) is 0 Å². The van der Waals surface area contributed by atoms with Crippen LogP contribution in [0.25, 0.3) is 0 Å². The van der Waals surface area contributed by atoms with Gasteiger partial charge in [0.1, 0.15) is 0 Å². The molecule has 0 radical (unpaired) electrons. The quantitative estimate of drug-likeness (QED) is 0.519. The molecule has 0 atom stereocenters. The van der Waals surface area contributed by atoms with Crippen molar-refractivity contribution in [3.63, 3.8) is 0 Å². The lowest BCUT2D eigenvalue weighted by atomic mass is 10.2. The van der Waals surface area contributed by atoms with Gasteiger partial charge in [0, 0.05) is 0 Å². The Morgan fingerprint density at radius 1 is 0.824 bits per heavy atom. The number of allylic oxidation sites excluding steroid dienone is 10. The van der Waals surface area contributed by atoms with Crippen LogP contribution in [0, 0.1) is 0 Å². The molecule has 0 saturated heterocycles. The van der Waals surface area contributed by atoms with Gasteiger partial charge in [-0.05, 0) is 20.8 Å². The van der Waals surface area contributed by atoms with E-state index in [0.717, 1.165) is 0 Å². The molecule has 0 N–H and O–H groups in total. The Labute approximate surface area is 108 Å². The Morgan fingerprint density at radius 3 is 1.76 bits per heavy atom. The summed E-state index contributed by atoms with van der Waals surface area (Å²) >= 11 is 0. The second kappa shape index (κ2) is 23.9. The highest BCUT2D eigenvalue weighted by Gasteiger charge is 1.71. The van der Waals surface area contributed by atoms with Gasteiger partial charge < -0.3 is 0 Å². The Morgan fingerprint density at radius 2 is 1.41 bits per heavy atom. The van der Waals surface area contributed by atoms with Crippen LogP contribution in [-0.4, -0.2) is 0 Å². The van der Waals surface area contributed by atoms with Crippen LogP contribution in [0.15, 0.2) is 73.4 Å². The Balaban J connectivity index is -0.000000202. The van der Waals surface area contributed by atoms with Crippen LogP contribution in [0.2, 0.25) is 0 Å². The maximum atomic E-state index is 3.57. The molecule has 0 aromatic carbocycles. The van der Waals surface area contributed by atoms with E-state index in [1.165, 1.54) is 5.57 Å². The zero-order valence-corrected chi connectivity index (χ0v) is 12.1. The highest BCUT2D eigenvalue weighted by molar-refractivity contribution is 5.19. The van der Waals surface area contributed by atoms with Crippen molar-refractivity contribution in [2.75, 3.05) is 0 Å². The lowest BCUT2D eigenvalue weighted by Crippen LogP contribution is -1.61. The van der Waals surface area contributed by atoms with Crippen LogP contribution in [0.4, 0.5) is 0 Å². The third-order valence-corrected chi connectivity index (χ3v) is 1.36. The van der Waals surface area contributed by atoms with E-state index in [0.29, 0.717) is 0 Å². The van der Waals surface area contributed by atoms with Gasteiger partial charge in [-0.25, -0.2) is 0 Å². The van der Waals surface area contributed by atoms with E-state index in [2.05, 4.69) is 13.2 Å². The first-order chi connectivity index (χ1) is 8.22. The van der Waals surface area contributed by atoms with Crippen molar-refractivity contribution in [1.29, 1.82) is 0 Å². The van der Waals surface area contributed by atoms with Crippen LogP contribution in [0.3, 0.4) is 0 Å². The average molecular weight is 232 g/mol. The monoisotopic (exact) mass is 232 g/mol. The van der Waals surface area contributed by atoms with E-state index in [1.807, 2.05) is 77.2 Å². The standard InChI is InChI=1S/C8H12.C7H10.C2H6/c1-4-6-8(3)7-5-2;1-3-5-7-6-4-2;1-2/h4-7H,1H2,2-3H3;3-7H,1H2,2H3;1-2H3/b7-5-,8-6-;6-4-,7-5-;. The number of hydrogen-bond acceptors (Lipinski definition) is 0. The molecule has 0 aromatic rings. The van der Waals surface area contributed by atoms with Gasteiger partial charge in [-0.15, -0.1) is 0 Å². The van der Waals surface area contributed by atoms with Crippen molar-refractivity contribution in [3.8, 4) is 0 Å². The molecule has 0 heteroatoms. The Kier molecular flexibility index (Phi) is 29.3. The minimum atomic E-state index is 1.24. The molecule has 0 fully saturated rings. The van der Waals surface area contributed by atoms with Gasteiger partial charge in [0.25, 0.3) is 0 Å². The molecule has 0 heterocycles. The Hall–Kier alpha value is -1.56. The van der Waals surface area contributed by atoms with E-state index in [4.69, 9.17) is 0 Å². The third kappa shape index (κ3) is 31.4. The summed E-state index contributed by atoms with van der Waals surface area (Å²) in [5.74, 6) is 0. The maximum Gasteiger partial charge on any atom is -0.0398 e. The second-order valence-electron chi connectivity index (χ2n) is 2.79. The van der Waals surface area contributed by atoms with Crippen molar-refractivity contribution in [2.24, 2.45) is 0 Å². The molecule has 0 bridgehead atoms. The minimum absolute atomic E-state index is 1.24. The van der Waals surface area contributed by atoms with E-state index in [1.54, 1.807) is 12.2 Å². The zero-order valence-electron chi connectivity index (χ0n) is 12.1. The summed E-state index contributed by atoms with van der Waals surface area (Å²) in [6.07, 6.45) is 17.3. The van der Waals surface area contributed by atoms with Crippen molar-refractivity contribution in [1.82, 2.24) is 0 Å². The Bertz CT molecular complexity index is 260. The molecule has 0 nitrogen and oxygen atoms in total.